The van der Waals surface area contributed by atoms with Gasteiger partial charge in [-0.1, -0.05) is 48.9 Å². The van der Waals surface area contributed by atoms with E-state index in [9.17, 15) is 31.4 Å². The van der Waals surface area contributed by atoms with Gasteiger partial charge in [0.2, 0.25) is 0 Å². The van der Waals surface area contributed by atoms with Gasteiger partial charge in [-0.15, -0.1) is 24.8 Å². The van der Waals surface area contributed by atoms with Gasteiger partial charge in [0, 0.05) is 18.6 Å². The van der Waals surface area contributed by atoms with Gasteiger partial charge in [-0.2, -0.15) is 26.3 Å². The molecule has 4 rings (SSSR count). The zero-order valence-electron chi connectivity index (χ0n) is 24.0. The Balaban J connectivity index is 0.000000973. The zero-order valence-corrected chi connectivity index (χ0v) is 25.6. The molecule has 1 aromatic carbocycles. The number of rotatable bonds is 8. The first-order valence-electron chi connectivity index (χ1n) is 13.6. The van der Waals surface area contributed by atoms with Gasteiger partial charge in [0.1, 0.15) is 0 Å². The van der Waals surface area contributed by atoms with E-state index in [1.54, 1.807) is 5.57 Å². The fourth-order valence-electron chi connectivity index (χ4n) is 5.40. The van der Waals surface area contributed by atoms with Crippen molar-refractivity contribution in [3.63, 3.8) is 0 Å². The summed E-state index contributed by atoms with van der Waals surface area (Å²) in [4.78, 5) is 20.1. The second-order valence-corrected chi connectivity index (χ2v) is 10.9. The molecule has 0 radical (unpaired) electrons. The number of nitrogens with zero attached hydrogens (tertiary/aromatic N) is 1. The molecule has 0 aromatic heterocycles. The van der Waals surface area contributed by atoms with Gasteiger partial charge in [0.05, 0.1) is 12.7 Å². The summed E-state index contributed by atoms with van der Waals surface area (Å²) in [5, 5.41) is 36.8. The zero-order chi connectivity index (χ0) is 31.7. The summed E-state index contributed by atoms with van der Waals surface area (Å²) in [7, 11) is 0. The van der Waals surface area contributed by atoms with Gasteiger partial charge in [-0.25, -0.2) is 9.59 Å². The third-order valence-electron chi connectivity index (χ3n) is 7.72. The lowest BCUT2D eigenvalue weighted by atomic mass is 9.60. The molecular weight excluding hydrogens is 645 g/mol. The van der Waals surface area contributed by atoms with E-state index in [0.717, 1.165) is 25.4 Å². The van der Waals surface area contributed by atoms with Gasteiger partial charge in [-0.05, 0) is 68.5 Å². The molecule has 5 N–H and O–H groups in total. The predicted octanol–water partition coefficient (Wildman–Crippen LogP) is 5.17. The highest BCUT2D eigenvalue weighted by atomic mass is 35.5. The predicted molar refractivity (Wildman–Crippen MR) is 156 cm³/mol. The van der Waals surface area contributed by atoms with E-state index in [1.807, 2.05) is 0 Å². The number of carbonyl (C=O) groups is 2. The van der Waals surface area contributed by atoms with E-state index in [4.69, 9.17) is 24.9 Å². The standard InChI is InChI=1S/C24H36N2O2.2C2HF3O2.2ClH/c1-2-19(12-18-6-4-3-5-7-18)22-13-23(22)25-20-14-24(15-20)8-10-26(11-9-24)16-21(28)17-27;2*3-2(4,5)1(6)7;;/h3-7,12,20-23,25,27-28H,2,8-11,13-17H2,1H3;2*(H,6,7);2*1H/b19-12+;;;;/t21-,22+,23-;;;;/m0..../s1. The minimum atomic E-state index is -5.08. The number of hydrogen-bond acceptors (Lipinski definition) is 6. The molecule has 3 aliphatic rings. The molecule has 1 aliphatic heterocycles. The van der Waals surface area contributed by atoms with E-state index >= 15 is 0 Å². The molecule has 0 bridgehead atoms. The first-order valence-corrected chi connectivity index (χ1v) is 13.6. The topological polar surface area (TPSA) is 130 Å². The Kier molecular flexibility index (Phi) is 17.3. The minimum Gasteiger partial charge on any atom is -0.475 e. The summed E-state index contributed by atoms with van der Waals surface area (Å²) >= 11 is 0. The van der Waals surface area contributed by atoms with E-state index in [0.29, 0.717) is 24.0 Å². The average molecular weight is 686 g/mol. The van der Waals surface area contributed by atoms with Crippen molar-refractivity contribution < 1.29 is 56.4 Å². The molecule has 1 saturated heterocycles. The lowest BCUT2D eigenvalue weighted by Crippen LogP contribution is -2.55. The number of aliphatic hydroxyl groups excluding tert-OH is 2. The summed E-state index contributed by atoms with van der Waals surface area (Å²) in [5.74, 6) is -4.79. The van der Waals surface area contributed by atoms with Crippen molar-refractivity contribution >= 4 is 42.8 Å². The van der Waals surface area contributed by atoms with E-state index in [1.165, 1.54) is 37.7 Å². The number of aliphatic carboxylic acids is 2. The van der Waals surface area contributed by atoms with Crippen LogP contribution in [0, 0.1) is 11.3 Å². The van der Waals surface area contributed by atoms with Crippen molar-refractivity contribution in [3.8, 4) is 0 Å². The second-order valence-electron chi connectivity index (χ2n) is 10.9. The van der Waals surface area contributed by atoms with Gasteiger partial charge in [0.25, 0.3) is 0 Å². The molecule has 44 heavy (non-hydrogen) atoms. The number of β-amino-alcohol motifs (C(OH)–C–C–N with tert-alkyl or cyclic N) is 1. The van der Waals surface area contributed by atoms with Crippen LogP contribution in [-0.2, 0) is 9.59 Å². The van der Waals surface area contributed by atoms with Crippen molar-refractivity contribution in [1.82, 2.24) is 10.2 Å². The number of aliphatic hydroxyl groups is 2. The van der Waals surface area contributed by atoms with Crippen LogP contribution in [0.3, 0.4) is 0 Å². The summed E-state index contributed by atoms with van der Waals surface area (Å²) in [6, 6.07) is 12.1. The van der Waals surface area contributed by atoms with E-state index in [2.05, 4.69) is 53.5 Å². The van der Waals surface area contributed by atoms with Crippen molar-refractivity contribution in [2.24, 2.45) is 11.3 Å². The molecule has 254 valence electrons. The summed E-state index contributed by atoms with van der Waals surface area (Å²) < 4.78 is 63.5. The Bertz CT molecular complexity index is 1020. The molecular formula is C28H40Cl2F6N2O6. The number of alkyl halides is 6. The molecule has 16 heteroatoms. The van der Waals surface area contributed by atoms with Gasteiger partial charge in [-0.3, -0.25) is 0 Å². The van der Waals surface area contributed by atoms with Crippen LogP contribution in [0.5, 0.6) is 0 Å². The molecule has 8 nitrogen and oxygen atoms in total. The number of hydrogen-bond donors (Lipinski definition) is 5. The largest absolute Gasteiger partial charge is 0.490 e. The molecule has 1 spiro atoms. The van der Waals surface area contributed by atoms with Crippen LogP contribution in [0.2, 0.25) is 0 Å². The monoisotopic (exact) mass is 684 g/mol. The van der Waals surface area contributed by atoms with E-state index in [-0.39, 0.29) is 31.4 Å². The van der Waals surface area contributed by atoms with Gasteiger partial charge in [0.15, 0.2) is 0 Å². The first kappa shape index (κ1) is 41.9. The molecule has 1 heterocycles. The fourth-order valence-corrected chi connectivity index (χ4v) is 5.40. The van der Waals surface area contributed by atoms with Crippen molar-refractivity contribution in [3.05, 3.63) is 41.5 Å². The molecule has 2 aliphatic carbocycles. The van der Waals surface area contributed by atoms with Crippen LogP contribution < -0.4 is 5.32 Å². The van der Waals surface area contributed by atoms with Gasteiger partial charge < -0.3 is 30.6 Å². The Morgan fingerprint density at radius 1 is 1.00 bits per heavy atom. The molecule has 1 aromatic rings. The Morgan fingerprint density at radius 2 is 1.48 bits per heavy atom. The highest BCUT2D eigenvalue weighted by Gasteiger charge is 2.49. The maximum Gasteiger partial charge on any atom is 0.490 e. The number of halogens is 8. The van der Waals surface area contributed by atoms with Crippen LogP contribution >= 0.6 is 24.8 Å². The number of benzene rings is 1. The van der Waals surface area contributed by atoms with E-state index < -0.39 is 30.4 Å². The number of likely N-dealkylation sites (tertiary alicyclic amines) is 1. The number of carboxylic acids is 2. The highest BCUT2D eigenvalue weighted by molar-refractivity contribution is 5.85. The SMILES string of the molecule is CC/C(=C\c1ccccc1)[C@H]1C[C@@H]1NC1CC2(CCN(C[C@H](O)CO)CC2)C1.Cl.Cl.O=C(O)C(F)(F)F.O=C(O)C(F)(F)F. The number of piperidine rings is 1. The molecule has 0 unspecified atom stereocenters. The van der Waals surface area contributed by atoms with Crippen LogP contribution in [0.15, 0.2) is 35.9 Å². The maximum atomic E-state index is 10.6. The third kappa shape index (κ3) is 13.9. The normalized spacial score (nSPS) is 22.0. The fraction of sp³-hybridized carbons (Fsp3) is 0.643. The second kappa shape index (κ2) is 18.1. The van der Waals surface area contributed by atoms with Crippen LogP contribution in [0.1, 0.15) is 51.0 Å². The third-order valence-corrected chi connectivity index (χ3v) is 7.72. The van der Waals surface area contributed by atoms with Crippen LogP contribution in [0.25, 0.3) is 6.08 Å². The quantitative estimate of drug-likeness (QED) is 0.237. The minimum absolute atomic E-state index is 0. The Morgan fingerprint density at radius 3 is 1.89 bits per heavy atom. The van der Waals surface area contributed by atoms with Crippen molar-refractivity contribution in [2.75, 3.05) is 26.2 Å². The average Bonchev–Trinajstić information content (AvgIpc) is 3.66. The number of carboxylic acid groups (broad SMARTS) is 2. The molecule has 2 saturated carbocycles. The molecule has 0 amide bonds. The Hall–Kier alpha value is -2.10. The first-order chi connectivity index (χ1) is 19.5. The summed E-state index contributed by atoms with van der Waals surface area (Å²) in [5.41, 5.74) is 3.45. The lowest BCUT2D eigenvalue weighted by Gasteiger charge is -2.53. The molecule has 3 atom stereocenters. The van der Waals surface area contributed by atoms with Crippen molar-refractivity contribution in [2.45, 2.75) is 76.0 Å². The van der Waals surface area contributed by atoms with Crippen LogP contribution in [0.4, 0.5) is 26.3 Å². The summed E-state index contributed by atoms with van der Waals surface area (Å²) in [6.07, 6.45) is -0.812. The van der Waals surface area contributed by atoms with Crippen LogP contribution in [-0.4, -0.2) is 94.0 Å². The lowest BCUT2D eigenvalue weighted by molar-refractivity contribution is -0.193. The summed E-state index contributed by atoms with van der Waals surface area (Å²) in [6.45, 7) is 4.90. The highest BCUT2D eigenvalue weighted by Crippen LogP contribution is 2.51. The molecule has 3 fully saturated rings. The maximum absolute atomic E-state index is 10.6. The Labute approximate surface area is 264 Å². The van der Waals surface area contributed by atoms with Gasteiger partial charge >= 0.3 is 24.3 Å². The smallest absolute Gasteiger partial charge is 0.475 e. The number of nitrogens with one attached hydrogen (secondary N) is 1. The van der Waals surface area contributed by atoms with Crippen molar-refractivity contribution in [1.29, 1.82) is 0 Å².